The molecular weight excluding hydrogens is 306 g/mol. The molecule has 134 valence electrons. The van der Waals surface area contributed by atoms with Gasteiger partial charge in [-0.15, -0.1) is 0 Å². The molecule has 0 aromatic carbocycles. The van der Waals surface area contributed by atoms with Gasteiger partial charge < -0.3 is 14.6 Å². The highest BCUT2D eigenvalue weighted by molar-refractivity contribution is 5.73. The van der Waals surface area contributed by atoms with Gasteiger partial charge in [0.2, 0.25) is 11.8 Å². The largest absolute Gasteiger partial charge is 0.377 e. The van der Waals surface area contributed by atoms with Crippen LogP contribution < -0.4 is 5.32 Å². The molecule has 1 aliphatic carbocycles. The van der Waals surface area contributed by atoms with Gasteiger partial charge in [0, 0.05) is 13.5 Å². The topological polar surface area (TPSA) is 77.2 Å². The van der Waals surface area contributed by atoms with Crippen molar-refractivity contribution >= 4 is 5.91 Å². The van der Waals surface area contributed by atoms with E-state index in [2.05, 4.69) is 36.2 Å². The predicted octanol–water partition coefficient (Wildman–Crippen LogP) is 3.36. The van der Waals surface area contributed by atoms with E-state index < -0.39 is 0 Å². The Morgan fingerprint density at radius 2 is 2.08 bits per heavy atom. The Labute approximate surface area is 143 Å². The minimum absolute atomic E-state index is 0.0327. The van der Waals surface area contributed by atoms with Crippen molar-refractivity contribution in [2.45, 2.75) is 77.9 Å². The highest BCUT2D eigenvalue weighted by atomic mass is 16.5. The van der Waals surface area contributed by atoms with E-state index >= 15 is 0 Å². The van der Waals surface area contributed by atoms with Gasteiger partial charge in [-0.25, -0.2) is 0 Å². The van der Waals surface area contributed by atoms with E-state index in [1.807, 2.05) is 0 Å². The van der Waals surface area contributed by atoms with Gasteiger partial charge in [-0.1, -0.05) is 45.2 Å². The van der Waals surface area contributed by atoms with Crippen molar-refractivity contribution in [1.29, 1.82) is 0 Å². The summed E-state index contributed by atoms with van der Waals surface area (Å²) in [4.78, 5) is 16.2. The summed E-state index contributed by atoms with van der Waals surface area (Å²) in [5.74, 6) is 1.99. The van der Waals surface area contributed by atoms with Crippen LogP contribution in [0.3, 0.4) is 0 Å². The lowest BCUT2D eigenvalue weighted by atomic mass is 9.80. The number of nitrogens with one attached hydrogen (secondary N) is 1. The second kappa shape index (κ2) is 6.82. The van der Waals surface area contributed by atoms with Gasteiger partial charge in [-0.3, -0.25) is 4.79 Å². The van der Waals surface area contributed by atoms with Crippen molar-refractivity contribution in [3.63, 3.8) is 0 Å². The van der Waals surface area contributed by atoms with E-state index in [0.717, 1.165) is 19.4 Å². The van der Waals surface area contributed by atoms with E-state index in [1.165, 1.54) is 26.2 Å². The molecule has 1 saturated carbocycles. The number of rotatable bonds is 5. The highest BCUT2D eigenvalue weighted by Crippen LogP contribution is 2.40. The molecule has 1 aromatic heterocycles. The van der Waals surface area contributed by atoms with Crippen LogP contribution in [0.1, 0.15) is 83.5 Å². The number of carbonyl (C=O) groups excluding carboxylic acids is 1. The molecule has 3 rings (SSSR count). The Bertz CT molecular complexity index is 574. The molecule has 6 heteroatoms. The van der Waals surface area contributed by atoms with Gasteiger partial charge in [0.25, 0.3) is 0 Å². The van der Waals surface area contributed by atoms with Crippen LogP contribution in [0.25, 0.3) is 0 Å². The number of hydrogen-bond donors (Lipinski definition) is 1. The molecule has 0 bridgehead atoms. The van der Waals surface area contributed by atoms with E-state index in [0.29, 0.717) is 17.6 Å². The van der Waals surface area contributed by atoms with Crippen LogP contribution in [0.5, 0.6) is 0 Å². The van der Waals surface area contributed by atoms with Crippen LogP contribution in [0.4, 0.5) is 0 Å². The third-order valence-electron chi connectivity index (χ3n) is 5.20. The summed E-state index contributed by atoms with van der Waals surface area (Å²) in [6, 6.07) is -0.176. The summed E-state index contributed by atoms with van der Waals surface area (Å²) >= 11 is 0. The highest BCUT2D eigenvalue weighted by Gasteiger charge is 2.41. The predicted molar refractivity (Wildman–Crippen MR) is 89.4 cm³/mol. The van der Waals surface area contributed by atoms with Crippen molar-refractivity contribution in [2.24, 2.45) is 11.3 Å². The Hall–Kier alpha value is -1.43. The third-order valence-corrected chi connectivity index (χ3v) is 5.20. The lowest BCUT2D eigenvalue weighted by Gasteiger charge is -2.29. The maximum absolute atomic E-state index is 11.5. The minimum Gasteiger partial charge on any atom is -0.377 e. The zero-order valence-electron chi connectivity index (χ0n) is 15.2. The molecule has 1 aromatic rings. The molecule has 1 saturated heterocycles. The summed E-state index contributed by atoms with van der Waals surface area (Å²) in [5, 5.41) is 7.20. The molecule has 1 amide bonds. The first-order valence-electron chi connectivity index (χ1n) is 9.07. The van der Waals surface area contributed by atoms with Crippen molar-refractivity contribution < 1.29 is 14.1 Å². The summed E-state index contributed by atoms with van der Waals surface area (Å²) in [6.45, 7) is 8.79. The lowest BCUT2D eigenvalue weighted by Crippen LogP contribution is -2.31. The molecule has 0 unspecified atom stereocenters. The Morgan fingerprint density at radius 3 is 2.67 bits per heavy atom. The maximum Gasteiger partial charge on any atom is 0.249 e. The SMILES string of the molecule is CC(=O)N[C@H](CC1CCC1)c1nc([C@H]2CCO[C@@H]2C(C)(C)C)no1. The number of aromatic nitrogens is 2. The van der Waals surface area contributed by atoms with Crippen LogP contribution in [0.15, 0.2) is 4.52 Å². The van der Waals surface area contributed by atoms with Gasteiger partial charge in [0.15, 0.2) is 5.82 Å². The fraction of sp³-hybridized carbons (Fsp3) is 0.833. The molecule has 6 nitrogen and oxygen atoms in total. The molecule has 2 heterocycles. The van der Waals surface area contributed by atoms with Gasteiger partial charge >= 0.3 is 0 Å². The number of carbonyl (C=O) groups is 1. The smallest absolute Gasteiger partial charge is 0.249 e. The molecule has 3 atom stereocenters. The monoisotopic (exact) mass is 335 g/mol. The fourth-order valence-corrected chi connectivity index (χ4v) is 3.78. The zero-order chi connectivity index (χ0) is 17.3. The lowest BCUT2D eigenvalue weighted by molar-refractivity contribution is -0.120. The van der Waals surface area contributed by atoms with Gasteiger partial charge in [-0.2, -0.15) is 4.98 Å². The van der Waals surface area contributed by atoms with Crippen molar-refractivity contribution in [3.8, 4) is 0 Å². The van der Waals surface area contributed by atoms with Crippen LogP contribution in [0, 0.1) is 11.3 Å². The van der Waals surface area contributed by atoms with Crippen molar-refractivity contribution in [2.75, 3.05) is 6.61 Å². The van der Waals surface area contributed by atoms with Crippen molar-refractivity contribution in [3.05, 3.63) is 11.7 Å². The van der Waals surface area contributed by atoms with Crippen LogP contribution >= 0.6 is 0 Å². The summed E-state index contributed by atoms with van der Waals surface area (Å²) in [5.41, 5.74) is 0.0327. The standard InChI is InChI=1S/C18H29N3O3/c1-11(22)19-14(10-12-6-5-7-12)17-20-16(21-24-17)13-8-9-23-15(13)18(2,3)4/h12-15H,5-10H2,1-4H3,(H,19,22)/t13-,14+,15-/m0/s1. The molecule has 1 aliphatic heterocycles. The van der Waals surface area contributed by atoms with Gasteiger partial charge in [-0.05, 0) is 24.2 Å². The van der Waals surface area contributed by atoms with Gasteiger partial charge in [0.05, 0.1) is 12.0 Å². The molecule has 2 fully saturated rings. The van der Waals surface area contributed by atoms with E-state index in [4.69, 9.17) is 9.26 Å². The summed E-state index contributed by atoms with van der Waals surface area (Å²) in [6.07, 6.45) is 5.60. The van der Waals surface area contributed by atoms with Crippen LogP contribution in [-0.2, 0) is 9.53 Å². The fourth-order valence-electron chi connectivity index (χ4n) is 3.78. The quantitative estimate of drug-likeness (QED) is 0.893. The number of hydrogen-bond acceptors (Lipinski definition) is 5. The van der Waals surface area contributed by atoms with E-state index in [1.54, 1.807) is 0 Å². The van der Waals surface area contributed by atoms with Crippen LogP contribution in [-0.4, -0.2) is 28.8 Å². The Balaban J connectivity index is 1.75. The Kier molecular flexibility index (Phi) is 4.95. The number of amides is 1. The first-order chi connectivity index (χ1) is 11.3. The Morgan fingerprint density at radius 1 is 1.33 bits per heavy atom. The third kappa shape index (κ3) is 3.79. The minimum atomic E-state index is -0.176. The van der Waals surface area contributed by atoms with E-state index in [-0.39, 0.29) is 29.4 Å². The second-order valence-electron chi connectivity index (χ2n) is 8.33. The number of ether oxygens (including phenoxy) is 1. The molecule has 0 spiro atoms. The first kappa shape index (κ1) is 17.4. The number of nitrogens with zero attached hydrogens (tertiary/aromatic N) is 2. The van der Waals surface area contributed by atoms with Crippen LogP contribution in [0.2, 0.25) is 0 Å². The van der Waals surface area contributed by atoms with Crippen molar-refractivity contribution in [1.82, 2.24) is 15.5 Å². The normalized spacial score (nSPS) is 26.2. The average molecular weight is 335 g/mol. The van der Waals surface area contributed by atoms with Gasteiger partial charge in [0.1, 0.15) is 6.04 Å². The molecule has 1 N–H and O–H groups in total. The molecule has 24 heavy (non-hydrogen) atoms. The van der Waals surface area contributed by atoms with E-state index in [9.17, 15) is 4.79 Å². The molecule has 2 aliphatic rings. The zero-order valence-corrected chi connectivity index (χ0v) is 15.2. The summed E-state index contributed by atoms with van der Waals surface area (Å²) < 4.78 is 11.5. The summed E-state index contributed by atoms with van der Waals surface area (Å²) in [7, 11) is 0. The molecule has 0 radical (unpaired) electrons. The molecular formula is C18H29N3O3. The average Bonchev–Trinajstić information content (AvgIpc) is 3.07. The maximum atomic E-state index is 11.5. The first-order valence-corrected chi connectivity index (χ1v) is 9.07. The second-order valence-corrected chi connectivity index (χ2v) is 8.33.